The minimum atomic E-state index is -0.150. The molecule has 2 N–H and O–H groups in total. The van der Waals surface area contributed by atoms with E-state index in [-0.39, 0.29) is 11.4 Å². The summed E-state index contributed by atoms with van der Waals surface area (Å²) in [5, 5.41) is 5.82. The van der Waals surface area contributed by atoms with Gasteiger partial charge >= 0.3 is 0 Å². The molecule has 13 heavy (non-hydrogen) atoms. The molecule has 0 aromatic carbocycles. The smallest absolute Gasteiger partial charge is 0.221 e. The highest BCUT2D eigenvalue weighted by molar-refractivity contribution is 5.76. The van der Waals surface area contributed by atoms with E-state index in [0.29, 0.717) is 19.5 Å². The van der Waals surface area contributed by atoms with Gasteiger partial charge < -0.3 is 10.6 Å². The summed E-state index contributed by atoms with van der Waals surface area (Å²) in [5.41, 5.74) is -0.150. The van der Waals surface area contributed by atoms with Crippen LogP contribution >= 0.6 is 0 Å². The molecule has 0 unspecified atom stereocenters. The number of hydrogen-bond acceptors (Lipinski definition) is 2. The fourth-order valence-electron chi connectivity index (χ4n) is 0.843. The van der Waals surface area contributed by atoms with E-state index in [1.54, 1.807) is 0 Å². The van der Waals surface area contributed by atoms with Gasteiger partial charge in [0, 0.05) is 18.5 Å². The van der Waals surface area contributed by atoms with Crippen molar-refractivity contribution in [1.82, 2.24) is 10.6 Å². The highest BCUT2D eigenvalue weighted by Crippen LogP contribution is 1.98. The lowest BCUT2D eigenvalue weighted by molar-refractivity contribution is -0.122. The Balaban J connectivity index is 3.48. The van der Waals surface area contributed by atoms with Crippen molar-refractivity contribution < 1.29 is 4.79 Å². The van der Waals surface area contributed by atoms with Gasteiger partial charge in [0.05, 0.1) is 6.54 Å². The standard InChI is InChI=1S/C10H18N2O/c1-5-7-11-8-6-9(13)12-10(2,3)4/h1,11H,6-8H2,2-4H3,(H,12,13). The van der Waals surface area contributed by atoms with E-state index in [4.69, 9.17) is 6.42 Å². The second kappa shape index (κ2) is 5.60. The van der Waals surface area contributed by atoms with Crippen LogP contribution in [-0.2, 0) is 4.79 Å². The first-order valence-electron chi connectivity index (χ1n) is 4.41. The van der Waals surface area contributed by atoms with E-state index < -0.39 is 0 Å². The van der Waals surface area contributed by atoms with Crippen LogP contribution in [0.4, 0.5) is 0 Å². The van der Waals surface area contributed by atoms with Crippen LogP contribution in [0.25, 0.3) is 0 Å². The van der Waals surface area contributed by atoms with Gasteiger partial charge in [0.1, 0.15) is 0 Å². The molecule has 0 bridgehead atoms. The number of carbonyl (C=O) groups is 1. The summed E-state index contributed by atoms with van der Waals surface area (Å²) in [5.74, 6) is 2.50. The number of amides is 1. The molecule has 0 radical (unpaired) electrons. The van der Waals surface area contributed by atoms with E-state index in [2.05, 4.69) is 16.6 Å². The van der Waals surface area contributed by atoms with Crippen molar-refractivity contribution in [2.45, 2.75) is 32.7 Å². The third-order valence-electron chi connectivity index (χ3n) is 1.27. The molecule has 0 saturated carbocycles. The summed E-state index contributed by atoms with van der Waals surface area (Å²) in [4.78, 5) is 11.2. The fraction of sp³-hybridized carbons (Fsp3) is 0.700. The van der Waals surface area contributed by atoms with Crippen LogP contribution in [0.15, 0.2) is 0 Å². The molecule has 0 rings (SSSR count). The Bertz CT molecular complexity index is 198. The lowest BCUT2D eigenvalue weighted by Gasteiger charge is -2.20. The van der Waals surface area contributed by atoms with Gasteiger partial charge in [-0.3, -0.25) is 4.79 Å². The molecule has 0 fully saturated rings. The predicted octanol–water partition coefficient (Wildman–Crippen LogP) is 0.514. The van der Waals surface area contributed by atoms with Crippen LogP contribution in [-0.4, -0.2) is 24.5 Å². The van der Waals surface area contributed by atoms with E-state index >= 15 is 0 Å². The van der Waals surface area contributed by atoms with Crippen molar-refractivity contribution in [3.8, 4) is 12.3 Å². The molecule has 0 aliphatic carbocycles. The summed E-state index contributed by atoms with van der Waals surface area (Å²) in [6.07, 6.45) is 5.51. The lowest BCUT2D eigenvalue weighted by atomic mass is 10.1. The van der Waals surface area contributed by atoms with Gasteiger partial charge in [-0.15, -0.1) is 6.42 Å². The Labute approximate surface area is 80.3 Å². The van der Waals surface area contributed by atoms with E-state index in [1.165, 1.54) is 0 Å². The maximum atomic E-state index is 11.2. The Kier molecular flexibility index (Phi) is 5.17. The average Bonchev–Trinajstić information content (AvgIpc) is 1.94. The molecular weight excluding hydrogens is 164 g/mol. The molecule has 3 nitrogen and oxygen atoms in total. The monoisotopic (exact) mass is 182 g/mol. The zero-order chi connectivity index (χ0) is 10.3. The quantitative estimate of drug-likeness (QED) is 0.491. The second-order valence-corrected chi connectivity index (χ2v) is 3.93. The minimum Gasteiger partial charge on any atom is -0.351 e. The predicted molar refractivity (Wildman–Crippen MR) is 54.2 cm³/mol. The lowest BCUT2D eigenvalue weighted by Crippen LogP contribution is -2.41. The number of nitrogens with one attached hydrogen (secondary N) is 2. The fourth-order valence-corrected chi connectivity index (χ4v) is 0.843. The average molecular weight is 182 g/mol. The summed E-state index contributed by atoms with van der Waals surface area (Å²) < 4.78 is 0. The van der Waals surface area contributed by atoms with Crippen LogP contribution in [0.1, 0.15) is 27.2 Å². The molecule has 0 heterocycles. The molecule has 3 heteroatoms. The molecule has 0 aromatic rings. The molecule has 0 aliphatic rings. The first-order chi connectivity index (χ1) is 5.95. The molecule has 0 saturated heterocycles. The van der Waals surface area contributed by atoms with Gasteiger partial charge in [0.2, 0.25) is 5.91 Å². The van der Waals surface area contributed by atoms with Gasteiger partial charge in [0.15, 0.2) is 0 Å². The minimum absolute atomic E-state index is 0.0528. The zero-order valence-corrected chi connectivity index (χ0v) is 8.61. The zero-order valence-electron chi connectivity index (χ0n) is 8.61. The third-order valence-corrected chi connectivity index (χ3v) is 1.27. The van der Waals surface area contributed by atoms with Crippen LogP contribution in [0, 0.1) is 12.3 Å². The van der Waals surface area contributed by atoms with Crippen molar-refractivity contribution >= 4 is 5.91 Å². The molecule has 0 aliphatic heterocycles. The highest BCUT2D eigenvalue weighted by Gasteiger charge is 2.12. The Morgan fingerprint density at radius 3 is 2.54 bits per heavy atom. The van der Waals surface area contributed by atoms with Crippen LogP contribution in [0.3, 0.4) is 0 Å². The Morgan fingerprint density at radius 1 is 1.46 bits per heavy atom. The number of carbonyl (C=O) groups excluding carboxylic acids is 1. The van der Waals surface area contributed by atoms with Crippen molar-refractivity contribution in [2.75, 3.05) is 13.1 Å². The van der Waals surface area contributed by atoms with Gasteiger partial charge in [-0.1, -0.05) is 5.92 Å². The SMILES string of the molecule is C#CCNCCC(=O)NC(C)(C)C. The van der Waals surface area contributed by atoms with Gasteiger partial charge in [-0.2, -0.15) is 0 Å². The van der Waals surface area contributed by atoms with Crippen molar-refractivity contribution in [3.63, 3.8) is 0 Å². The summed E-state index contributed by atoms with van der Waals surface area (Å²) in [6, 6.07) is 0. The normalized spacial score (nSPS) is 10.6. The first kappa shape index (κ1) is 12.0. The molecule has 74 valence electrons. The maximum absolute atomic E-state index is 11.2. The highest BCUT2D eigenvalue weighted by atomic mass is 16.1. The second-order valence-electron chi connectivity index (χ2n) is 3.93. The Hall–Kier alpha value is -1.01. The van der Waals surface area contributed by atoms with E-state index in [1.807, 2.05) is 20.8 Å². The van der Waals surface area contributed by atoms with Crippen molar-refractivity contribution in [2.24, 2.45) is 0 Å². The Morgan fingerprint density at radius 2 is 2.08 bits per heavy atom. The maximum Gasteiger partial charge on any atom is 0.221 e. The van der Waals surface area contributed by atoms with Crippen molar-refractivity contribution in [3.05, 3.63) is 0 Å². The van der Waals surface area contributed by atoms with E-state index in [0.717, 1.165) is 0 Å². The molecule has 1 amide bonds. The number of hydrogen-bond donors (Lipinski definition) is 2. The third kappa shape index (κ3) is 8.90. The molecule has 0 aromatic heterocycles. The summed E-state index contributed by atoms with van der Waals surface area (Å²) in [6.45, 7) is 7.02. The molecular formula is C10H18N2O. The largest absolute Gasteiger partial charge is 0.351 e. The van der Waals surface area contributed by atoms with E-state index in [9.17, 15) is 4.79 Å². The molecule has 0 atom stereocenters. The van der Waals surface area contributed by atoms with Gasteiger partial charge in [-0.25, -0.2) is 0 Å². The topological polar surface area (TPSA) is 41.1 Å². The summed E-state index contributed by atoms with van der Waals surface area (Å²) >= 11 is 0. The van der Waals surface area contributed by atoms with Crippen LogP contribution < -0.4 is 10.6 Å². The van der Waals surface area contributed by atoms with Crippen LogP contribution in [0.5, 0.6) is 0 Å². The molecule has 0 spiro atoms. The summed E-state index contributed by atoms with van der Waals surface area (Å²) in [7, 11) is 0. The number of terminal acetylenes is 1. The first-order valence-corrected chi connectivity index (χ1v) is 4.41. The van der Waals surface area contributed by atoms with Gasteiger partial charge in [-0.05, 0) is 20.8 Å². The van der Waals surface area contributed by atoms with Gasteiger partial charge in [0.25, 0.3) is 0 Å². The van der Waals surface area contributed by atoms with Crippen molar-refractivity contribution in [1.29, 1.82) is 0 Å². The number of rotatable bonds is 4. The van der Waals surface area contributed by atoms with Crippen LogP contribution in [0.2, 0.25) is 0 Å².